The lowest BCUT2D eigenvalue weighted by atomic mass is 10.1. The first-order valence-corrected chi connectivity index (χ1v) is 5.48. The van der Waals surface area contributed by atoms with Crippen LogP contribution in [0, 0.1) is 10.1 Å². The molecule has 0 radical (unpaired) electrons. The number of nitro groups is 1. The third-order valence-electron chi connectivity index (χ3n) is 2.79. The van der Waals surface area contributed by atoms with E-state index < -0.39 is 0 Å². The number of fused-ring (bicyclic) bond motifs is 2. The Morgan fingerprint density at radius 2 is 1.61 bits per heavy atom. The molecule has 1 heterocycles. The molecule has 0 aromatic heterocycles. The molecule has 88 valence electrons. The van der Waals surface area contributed by atoms with E-state index in [1.807, 2.05) is 12.1 Å². The average Bonchev–Trinajstić information content (AvgIpc) is 2.55. The minimum absolute atomic E-state index is 0.0514. The zero-order valence-electron chi connectivity index (χ0n) is 9.37. The molecule has 0 spiro atoms. The molecule has 3 rings (SSSR count). The molecular formula is C14H9NO3. The maximum atomic E-state index is 11.2. The standard InChI is InChI=1S/C14H9NO3/c16-15(17)12-9-10-5-1-3-7-13(10)18-14-8-4-2-6-11(12)14/h1-9H. The Hall–Kier alpha value is -2.62. The van der Waals surface area contributed by atoms with Gasteiger partial charge in [0.25, 0.3) is 5.70 Å². The van der Waals surface area contributed by atoms with Crippen LogP contribution in [0.5, 0.6) is 11.5 Å². The highest BCUT2D eigenvalue weighted by Gasteiger charge is 2.23. The van der Waals surface area contributed by atoms with E-state index in [2.05, 4.69) is 0 Å². The van der Waals surface area contributed by atoms with Crippen molar-refractivity contribution in [1.82, 2.24) is 0 Å². The van der Waals surface area contributed by atoms with Gasteiger partial charge in [-0.2, -0.15) is 0 Å². The molecule has 0 amide bonds. The smallest absolute Gasteiger partial charge is 0.281 e. The van der Waals surface area contributed by atoms with Crippen LogP contribution in [-0.2, 0) is 0 Å². The van der Waals surface area contributed by atoms with Crippen molar-refractivity contribution in [1.29, 1.82) is 0 Å². The van der Waals surface area contributed by atoms with Crippen LogP contribution in [0.15, 0.2) is 48.5 Å². The second-order valence-electron chi connectivity index (χ2n) is 3.92. The van der Waals surface area contributed by atoms with E-state index in [4.69, 9.17) is 4.74 Å². The molecule has 4 nitrogen and oxygen atoms in total. The van der Waals surface area contributed by atoms with Crippen molar-refractivity contribution >= 4 is 11.8 Å². The summed E-state index contributed by atoms with van der Waals surface area (Å²) in [5.41, 5.74) is 1.26. The zero-order valence-corrected chi connectivity index (χ0v) is 9.37. The summed E-state index contributed by atoms with van der Waals surface area (Å²) in [5, 5.41) is 11.2. The Balaban J connectivity index is 2.29. The number of ether oxygens (including phenoxy) is 1. The van der Waals surface area contributed by atoms with Crippen LogP contribution in [-0.4, -0.2) is 4.92 Å². The molecule has 4 heteroatoms. The van der Waals surface area contributed by atoms with Crippen molar-refractivity contribution in [2.24, 2.45) is 0 Å². The molecule has 2 aromatic rings. The molecule has 0 aliphatic carbocycles. The van der Waals surface area contributed by atoms with E-state index in [0.29, 0.717) is 22.6 Å². The van der Waals surface area contributed by atoms with Gasteiger partial charge < -0.3 is 4.74 Å². The van der Waals surface area contributed by atoms with Crippen molar-refractivity contribution in [3.63, 3.8) is 0 Å². The van der Waals surface area contributed by atoms with Gasteiger partial charge in [0.15, 0.2) is 0 Å². The molecule has 0 saturated heterocycles. The van der Waals surface area contributed by atoms with Gasteiger partial charge in [-0.25, -0.2) is 0 Å². The summed E-state index contributed by atoms with van der Waals surface area (Å²) >= 11 is 0. The van der Waals surface area contributed by atoms with E-state index in [1.165, 1.54) is 0 Å². The summed E-state index contributed by atoms with van der Waals surface area (Å²) in [6.07, 6.45) is 1.54. The molecule has 1 aliphatic rings. The molecule has 0 bridgehead atoms. The molecule has 18 heavy (non-hydrogen) atoms. The second-order valence-corrected chi connectivity index (χ2v) is 3.92. The van der Waals surface area contributed by atoms with Crippen LogP contribution in [0.2, 0.25) is 0 Å². The van der Waals surface area contributed by atoms with Gasteiger partial charge >= 0.3 is 0 Å². The SMILES string of the molecule is O=[N+]([O-])C1=Cc2ccccc2Oc2ccccc21. The van der Waals surface area contributed by atoms with Crippen molar-refractivity contribution < 1.29 is 9.66 Å². The third kappa shape index (κ3) is 1.64. The summed E-state index contributed by atoms with van der Waals surface area (Å²) in [6, 6.07) is 14.2. The normalized spacial score (nSPS) is 12.6. The Bertz CT molecular complexity index is 662. The van der Waals surface area contributed by atoms with Gasteiger partial charge in [-0.05, 0) is 18.2 Å². The minimum atomic E-state index is -0.385. The summed E-state index contributed by atoms with van der Waals surface area (Å²) < 4.78 is 5.73. The number of hydrogen-bond donors (Lipinski definition) is 0. The quantitative estimate of drug-likeness (QED) is 0.564. The van der Waals surface area contributed by atoms with E-state index in [1.54, 1.807) is 42.5 Å². The van der Waals surface area contributed by atoms with Crippen molar-refractivity contribution in [2.75, 3.05) is 0 Å². The van der Waals surface area contributed by atoms with Gasteiger partial charge in [0.05, 0.1) is 10.5 Å². The lowest BCUT2D eigenvalue weighted by molar-refractivity contribution is -0.374. The molecule has 0 N–H and O–H groups in total. The molecule has 0 atom stereocenters. The highest BCUT2D eigenvalue weighted by atomic mass is 16.6. The highest BCUT2D eigenvalue weighted by molar-refractivity contribution is 5.82. The molecular weight excluding hydrogens is 230 g/mol. The summed E-state index contributed by atoms with van der Waals surface area (Å²) in [7, 11) is 0. The number of rotatable bonds is 1. The summed E-state index contributed by atoms with van der Waals surface area (Å²) in [5.74, 6) is 1.13. The lowest BCUT2D eigenvalue weighted by Gasteiger charge is -2.07. The topological polar surface area (TPSA) is 52.4 Å². The van der Waals surface area contributed by atoms with E-state index in [-0.39, 0.29) is 10.6 Å². The van der Waals surface area contributed by atoms with Crippen molar-refractivity contribution in [3.05, 3.63) is 69.8 Å². The predicted octanol–water partition coefficient (Wildman–Crippen LogP) is 3.57. The maximum absolute atomic E-state index is 11.2. The van der Waals surface area contributed by atoms with Gasteiger partial charge in [0, 0.05) is 11.6 Å². The van der Waals surface area contributed by atoms with Crippen LogP contribution in [0.25, 0.3) is 11.8 Å². The maximum Gasteiger partial charge on any atom is 0.281 e. The molecule has 0 unspecified atom stereocenters. The fraction of sp³-hybridized carbons (Fsp3) is 0. The van der Waals surface area contributed by atoms with Crippen LogP contribution >= 0.6 is 0 Å². The van der Waals surface area contributed by atoms with Gasteiger partial charge in [0.2, 0.25) is 0 Å². The first kappa shape index (κ1) is 10.5. The highest BCUT2D eigenvalue weighted by Crippen LogP contribution is 2.37. The summed E-state index contributed by atoms with van der Waals surface area (Å²) in [4.78, 5) is 10.8. The van der Waals surface area contributed by atoms with Gasteiger partial charge in [-0.15, -0.1) is 0 Å². The van der Waals surface area contributed by atoms with Crippen LogP contribution in [0.4, 0.5) is 0 Å². The van der Waals surface area contributed by atoms with E-state index >= 15 is 0 Å². The number of hydrogen-bond acceptors (Lipinski definition) is 3. The Kier molecular flexibility index (Phi) is 2.34. The van der Waals surface area contributed by atoms with E-state index in [9.17, 15) is 10.1 Å². The van der Waals surface area contributed by atoms with Crippen molar-refractivity contribution in [2.45, 2.75) is 0 Å². The van der Waals surface area contributed by atoms with Gasteiger partial charge in [0.1, 0.15) is 11.5 Å². The first-order valence-electron chi connectivity index (χ1n) is 5.48. The Labute approximate surface area is 103 Å². The monoisotopic (exact) mass is 239 g/mol. The summed E-state index contributed by atoms with van der Waals surface area (Å²) in [6.45, 7) is 0. The largest absolute Gasteiger partial charge is 0.456 e. The average molecular weight is 239 g/mol. The van der Waals surface area contributed by atoms with Crippen molar-refractivity contribution in [3.8, 4) is 11.5 Å². The number of benzene rings is 2. The molecule has 2 aromatic carbocycles. The van der Waals surface area contributed by atoms with Gasteiger partial charge in [-0.3, -0.25) is 10.1 Å². The number of nitrogens with zero attached hydrogens (tertiary/aromatic N) is 1. The third-order valence-corrected chi connectivity index (χ3v) is 2.79. The molecule has 1 aliphatic heterocycles. The van der Waals surface area contributed by atoms with Crippen LogP contribution in [0.1, 0.15) is 11.1 Å². The van der Waals surface area contributed by atoms with Crippen LogP contribution in [0.3, 0.4) is 0 Å². The number of para-hydroxylation sites is 2. The Morgan fingerprint density at radius 1 is 0.944 bits per heavy atom. The first-order chi connectivity index (χ1) is 8.75. The minimum Gasteiger partial charge on any atom is -0.456 e. The fourth-order valence-electron chi connectivity index (χ4n) is 1.95. The van der Waals surface area contributed by atoms with Crippen LogP contribution < -0.4 is 4.74 Å². The lowest BCUT2D eigenvalue weighted by Crippen LogP contribution is -1.97. The Morgan fingerprint density at radius 3 is 2.39 bits per heavy atom. The molecule has 0 fully saturated rings. The van der Waals surface area contributed by atoms with Gasteiger partial charge in [-0.1, -0.05) is 30.3 Å². The predicted molar refractivity (Wildman–Crippen MR) is 67.8 cm³/mol. The second kappa shape index (κ2) is 4.00. The fourth-order valence-corrected chi connectivity index (χ4v) is 1.95. The molecule has 0 saturated carbocycles. The van der Waals surface area contributed by atoms with E-state index in [0.717, 1.165) is 0 Å². The zero-order chi connectivity index (χ0) is 12.5.